The quantitative estimate of drug-likeness (QED) is 0.528. The first-order valence-corrected chi connectivity index (χ1v) is 6.15. The fourth-order valence-electron chi connectivity index (χ4n) is 1.47. The molecule has 4 nitrogen and oxygen atoms in total. The van der Waals surface area contributed by atoms with Crippen LogP contribution in [0.5, 0.6) is 11.5 Å². The van der Waals surface area contributed by atoms with Gasteiger partial charge < -0.3 is 18.9 Å². The van der Waals surface area contributed by atoms with Gasteiger partial charge in [-0.15, -0.1) is 0 Å². The molecule has 0 bridgehead atoms. The Kier molecular flexibility index (Phi) is 6.54. The molecule has 1 aromatic carbocycles. The van der Waals surface area contributed by atoms with E-state index in [1.807, 2.05) is 45.0 Å². The Hall–Kier alpha value is -1.26. The van der Waals surface area contributed by atoms with Gasteiger partial charge in [-0.1, -0.05) is 0 Å². The maximum Gasteiger partial charge on any atom is 0.155 e. The molecule has 1 atom stereocenters. The predicted molar refractivity (Wildman–Crippen MR) is 70.1 cm³/mol. The van der Waals surface area contributed by atoms with Gasteiger partial charge in [-0.3, -0.25) is 0 Å². The first-order chi connectivity index (χ1) is 8.61. The average Bonchev–Trinajstić information content (AvgIpc) is 2.34. The minimum Gasteiger partial charge on any atom is -0.497 e. The number of hydrogen-bond acceptors (Lipinski definition) is 4. The third-order valence-corrected chi connectivity index (χ3v) is 2.23. The van der Waals surface area contributed by atoms with E-state index in [-0.39, 0.29) is 12.4 Å². The maximum absolute atomic E-state index is 5.52. The van der Waals surface area contributed by atoms with Crippen molar-refractivity contribution in [1.29, 1.82) is 0 Å². The third-order valence-electron chi connectivity index (χ3n) is 2.23. The topological polar surface area (TPSA) is 36.9 Å². The molecule has 0 saturated heterocycles. The lowest BCUT2D eigenvalue weighted by molar-refractivity contribution is -0.154. The molecule has 0 amide bonds. The maximum atomic E-state index is 5.52. The van der Waals surface area contributed by atoms with Crippen LogP contribution in [0.2, 0.25) is 0 Å². The third kappa shape index (κ3) is 5.89. The normalized spacial score (nSPS) is 12.5. The first kappa shape index (κ1) is 14.8. The fourth-order valence-corrected chi connectivity index (χ4v) is 1.47. The van der Waals surface area contributed by atoms with E-state index in [1.54, 1.807) is 7.11 Å². The van der Waals surface area contributed by atoms with E-state index < -0.39 is 0 Å². The molecule has 0 fully saturated rings. The van der Waals surface area contributed by atoms with Gasteiger partial charge in [0.1, 0.15) is 18.1 Å². The molecule has 0 aliphatic heterocycles. The summed E-state index contributed by atoms with van der Waals surface area (Å²) >= 11 is 0. The largest absolute Gasteiger partial charge is 0.497 e. The SMILES string of the molecule is COc1ccc(OCCOC(C)OC(C)C)cc1. The highest BCUT2D eigenvalue weighted by molar-refractivity contribution is 5.31. The molecular formula is C14H22O4. The van der Waals surface area contributed by atoms with Crippen LogP contribution in [0.3, 0.4) is 0 Å². The van der Waals surface area contributed by atoms with Gasteiger partial charge in [-0.25, -0.2) is 0 Å². The van der Waals surface area contributed by atoms with E-state index >= 15 is 0 Å². The van der Waals surface area contributed by atoms with Gasteiger partial charge in [0.15, 0.2) is 6.29 Å². The minimum atomic E-state index is -0.204. The number of hydrogen-bond donors (Lipinski definition) is 0. The van der Waals surface area contributed by atoms with Gasteiger partial charge in [-0.2, -0.15) is 0 Å². The van der Waals surface area contributed by atoms with Crippen LogP contribution in [0.4, 0.5) is 0 Å². The second kappa shape index (κ2) is 7.95. The molecule has 18 heavy (non-hydrogen) atoms. The molecule has 0 aliphatic rings. The molecule has 0 radical (unpaired) electrons. The summed E-state index contributed by atoms with van der Waals surface area (Å²) in [6.07, 6.45) is -0.0352. The van der Waals surface area contributed by atoms with Crippen LogP contribution in [0, 0.1) is 0 Å². The van der Waals surface area contributed by atoms with E-state index in [9.17, 15) is 0 Å². The zero-order valence-corrected chi connectivity index (χ0v) is 11.5. The Morgan fingerprint density at radius 3 is 2.11 bits per heavy atom. The summed E-state index contributed by atoms with van der Waals surface area (Å²) in [5.74, 6) is 1.62. The van der Waals surface area contributed by atoms with E-state index in [0.717, 1.165) is 11.5 Å². The second-order valence-electron chi connectivity index (χ2n) is 4.15. The summed E-state index contributed by atoms with van der Waals surface area (Å²) in [5.41, 5.74) is 0. The van der Waals surface area contributed by atoms with Crippen molar-refractivity contribution in [3.05, 3.63) is 24.3 Å². The average molecular weight is 254 g/mol. The van der Waals surface area contributed by atoms with Gasteiger partial charge in [-0.05, 0) is 45.0 Å². The van der Waals surface area contributed by atoms with E-state index in [4.69, 9.17) is 18.9 Å². The lowest BCUT2D eigenvalue weighted by Gasteiger charge is -2.16. The highest BCUT2D eigenvalue weighted by Gasteiger charge is 2.04. The van der Waals surface area contributed by atoms with E-state index in [2.05, 4.69) is 0 Å². The molecule has 0 aromatic heterocycles. The number of benzene rings is 1. The van der Waals surface area contributed by atoms with Crippen molar-refractivity contribution < 1.29 is 18.9 Å². The van der Waals surface area contributed by atoms with Gasteiger partial charge in [0.25, 0.3) is 0 Å². The summed E-state index contributed by atoms with van der Waals surface area (Å²) in [5, 5.41) is 0. The molecule has 0 heterocycles. The Morgan fingerprint density at radius 1 is 0.944 bits per heavy atom. The number of methoxy groups -OCH3 is 1. The fraction of sp³-hybridized carbons (Fsp3) is 0.571. The van der Waals surface area contributed by atoms with Crippen molar-refractivity contribution in [2.24, 2.45) is 0 Å². The van der Waals surface area contributed by atoms with Crippen LogP contribution >= 0.6 is 0 Å². The Bertz CT molecular complexity index is 321. The first-order valence-electron chi connectivity index (χ1n) is 6.15. The monoisotopic (exact) mass is 254 g/mol. The summed E-state index contributed by atoms with van der Waals surface area (Å²) in [6.45, 7) is 6.84. The van der Waals surface area contributed by atoms with Crippen molar-refractivity contribution in [1.82, 2.24) is 0 Å². The summed E-state index contributed by atoms with van der Waals surface area (Å²) < 4.78 is 21.5. The van der Waals surface area contributed by atoms with E-state index in [0.29, 0.717) is 13.2 Å². The molecule has 1 rings (SSSR count). The van der Waals surface area contributed by atoms with Crippen molar-refractivity contribution in [2.75, 3.05) is 20.3 Å². The predicted octanol–water partition coefficient (Wildman–Crippen LogP) is 2.86. The van der Waals surface area contributed by atoms with Crippen LogP contribution in [-0.2, 0) is 9.47 Å². The molecular weight excluding hydrogens is 232 g/mol. The zero-order chi connectivity index (χ0) is 13.4. The summed E-state index contributed by atoms with van der Waals surface area (Å²) in [6, 6.07) is 7.46. The molecule has 1 aromatic rings. The van der Waals surface area contributed by atoms with Crippen LogP contribution in [0.25, 0.3) is 0 Å². The smallest absolute Gasteiger partial charge is 0.155 e. The van der Waals surface area contributed by atoms with Gasteiger partial charge in [0.05, 0.1) is 19.8 Å². The highest BCUT2D eigenvalue weighted by atomic mass is 16.7. The van der Waals surface area contributed by atoms with Gasteiger partial charge in [0.2, 0.25) is 0 Å². The standard InChI is InChI=1S/C14H22O4/c1-11(2)18-12(3)16-9-10-17-14-7-5-13(15-4)6-8-14/h5-8,11-12H,9-10H2,1-4H3. The molecule has 0 spiro atoms. The van der Waals surface area contributed by atoms with Crippen molar-refractivity contribution in [3.63, 3.8) is 0 Å². The lowest BCUT2D eigenvalue weighted by Crippen LogP contribution is -2.20. The zero-order valence-electron chi connectivity index (χ0n) is 11.5. The van der Waals surface area contributed by atoms with Crippen LogP contribution < -0.4 is 9.47 Å². The minimum absolute atomic E-state index is 0.169. The van der Waals surface area contributed by atoms with Gasteiger partial charge >= 0.3 is 0 Å². The summed E-state index contributed by atoms with van der Waals surface area (Å²) in [4.78, 5) is 0. The molecule has 1 unspecified atom stereocenters. The second-order valence-corrected chi connectivity index (χ2v) is 4.15. The molecule has 102 valence electrons. The Balaban J connectivity index is 2.17. The highest BCUT2D eigenvalue weighted by Crippen LogP contribution is 2.16. The van der Waals surface area contributed by atoms with Crippen LogP contribution in [0.1, 0.15) is 20.8 Å². The van der Waals surface area contributed by atoms with Crippen molar-refractivity contribution >= 4 is 0 Å². The Labute approximate surface area is 109 Å². The number of rotatable bonds is 8. The van der Waals surface area contributed by atoms with Crippen molar-refractivity contribution in [2.45, 2.75) is 33.2 Å². The van der Waals surface area contributed by atoms with Crippen LogP contribution in [-0.4, -0.2) is 32.7 Å². The Morgan fingerprint density at radius 2 is 1.56 bits per heavy atom. The van der Waals surface area contributed by atoms with Crippen LogP contribution in [0.15, 0.2) is 24.3 Å². The lowest BCUT2D eigenvalue weighted by atomic mass is 10.3. The summed E-state index contributed by atoms with van der Waals surface area (Å²) in [7, 11) is 1.64. The molecule has 0 saturated carbocycles. The molecule has 0 aliphatic carbocycles. The van der Waals surface area contributed by atoms with Gasteiger partial charge in [0, 0.05) is 0 Å². The molecule has 0 N–H and O–H groups in total. The van der Waals surface area contributed by atoms with E-state index in [1.165, 1.54) is 0 Å². The molecule has 4 heteroatoms. The van der Waals surface area contributed by atoms with Crippen molar-refractivity contribution in [3.8, 4) is 11.5 Å². The number of ether oxygens (including phenoxy) is 4.